The lowest BCUT2D eigenvalue weighted by Gasteiger charge is -2.11. The van der Waals surface area contributed by atoms with Gasteiger partial charge in [0.15, 0.2) is 11.5 Å². The van der Waals surface area contributed by atoms with Crippen LogP contribution in [-0.2, 0) is 0 Å². The Balaban J connectivity index is 2.21. The van der Waals surface area contributed by atoms with E-state index in [0.717, 1.165) is 21.7 Å². The van der Waals surface area contributed by atoms with Crippen LogP contribution in [0.2, 0.25) is 0 Å². The zero-order chi connectivity index (χ0) is 16.0. The lowest BCUT2D eigenvalue weighted by Crippen LogP contribution is -2.16. The number of hydrogen-bond acceptors (Lipinski definition) is 4. The highest BCUT2D eigenvalue weighted by Gasteiger charge is 2.11. The molecule has 0 amide bonds. The van der Waals surface area contributed by atoms with Gasteiger partial charge in [-0.1, -0.05) is 18.2 Å². The SMILES string of the molecule is COc1cc2cnn3c(=O)c4ccccc4cc3c2cc1OC. The lowest BCUT2D eigenvalue weighted by atomic mass is 10.1. The highest BCUT2D eigenvalue weighted by atomic mass is 16.5. The molecular formula is C18H14N2O3. The van der Waals surface area contributed by atoms with Gasteiger partial charge < -0.3 is 9.47 Å². The first-order valence-electron chi connectivity index (χ1n) is 7.18. The predicted octanol–water partition coefficient (Wildman–Crippen LogP) is 3.02. The fourth-order valence-electron chi connectivity index (χ4n) is 2.90. The maximum absolute atomic E-state index is 12.7. The van der Waals surface area contributed by atoms with Crippen LogP contribution in [0.15, 0.2) is 53.5 Å². The number of ether oxygens (including phenoxy) is 2. The molecule has 4 rings (SSSR count). The molecular weight excluding hydrogens is 292 g/mol. The Labute approximate surface area is 131 Å². The Kier molecular flexibility index (Phi) is 2.94. The fourth-order valence-corrected chi connectivity index (χ4v) is 2.90. The van der Waals surface area contributed by atoms with Crippen LogP contribution >= 0.6 is 0 Å². The molecule has 0 bridgehead atoms. The van der Waals surface area contributed by atoms with E-state index in [0.29, 0.717) is 16.9 Å². The van der Waals surface area contributed by atoms with Gasteiger partial charge in [0.25, 0.3) is 5.56 Å². The summed E-state index contributed by atoms with van der Waals surface area (Å²) in [6.45, 7) is 0. The first kappa shape index (κ1) is 13.6. The number of pyridine rings is 1. The van der Waals surface area contributed by atoms with Crippen LogP contribution in [0.1, 0.15) is 0 Å². The van der Waals surface area contributed by atoms with Gasteiger partial charge in [-0.3, -0.25) is 4.79 Å². The standard InChI is InChI=1S/C18H14N2O3/c1-22-16-8-12-10-19-20-15(14(12)9-17(16)23-2)7-11-5-3-4-6-13(11)18(20)21/h3-10H,1-2H3. The normalized spacial score (nSPS) is 11.2. The minimum absolute atomic E-state index is 0.130. The van der Waals surface area contributed by atoms with Gasteiger partial charge in [-0.2, -0.15) is 9.61 Å². The molecule has 0 N–H and O–H groups in total. The van der Waals surface area contributed by atoms with Crippen molar-refractivity contribution in [3.05, 3.63) is 59.0 Å². The molecule has 4 aromatic rings. The summed E-state index contributed by atoms with van der Waals surface area (Å²) >= 11 is 0. The van der Waals surface area contributed by atoms with Gasteiger partial charge in [0.1, 0.15) is 0 Å². The van der Waals surface area contributed by atoms with Crippen molar-refractivity contribution in [3.8, 4) is 11.5 Å². The predicted molar refractivity (Wildman–Crippen MR) is 89.6 cm³/mol. The van der Waals surface area contributed by atoms with E-state index in [1.807, 2.05) is 42.5 Å². The largest absolute Gasteiger partial charge is 0.493 e. The zero-order valence-corrected chi connectivity index (χ0v) is 12.7. The van der Waals surface area contributed by atoms with Crippen LogP contribution in [-0.4, -0.2) is 23.8 Å². The van der Waals surface area contributed by atoms with Gasteiger partial charge >= 0.3 is 0 Å². The second kappa shape index (κ2) is 4.98. The van der Waals surface area contributed by atoms with Crippen molar-refractivity contribution < 1.29 is 9.47 Å². The summed E-state index contributed by atoms with van der Waals surface area (Å²) in [5.74, 6) is 1.25. The number of fused-ring (bicyclic) bond motifs is 4. The first-order valence-corrected chi connectivity index (χ1v) is 7.18. The highest BCUT2D eigenvalue weighted by Crippen LogP contribution is 2.33. The topological polar surface area (TPSA) is 52.8 Å². The van der Waals surface area contributed by atoms with Crippen molar-refractivity contribution in [2.45, 2.75) is 0 Å². The number of nitrogens with zero attached hydrogens (tertiary/aromatic N) is 2. The van der Waals surface area contributed by atoms with Crippen LogP contribution in [0.5, 0.6) is 11.5 Å². The first-order chi connectivity index (χ1) is 11.2. The molecule has 2 aromatic carbocycles. The Morgan fingerprint density at radius 2 is 1.65 bits per heavy atom. The monoisotopic (exact) mass is 306 g/mol. The number of benzene rings is 2. The average molecular weight is 306 g/mol. The molecule has 5 nitrogen and oxygen atoms in total. The molecule has 0 aliphatic rings. The molecule has 0 radical (unpaired) electrons. The second-order valence-electron chi connectivity index (χ2n) is 5.27. The van der Waals surface area contributed by atoms with E-state index >= 15 is 0 Å². The zero-order valence-electron chi connectivity index (χ0n) is 12.7. The van der Waals surface area contributed by atoms with E-state index in [4.69, 9.17) is 9.47 Å². The Hall–Kier alpha value is -3.08. The molecule has 0 fully saturated rings. The van der Waals surface area contributed by atoms with Gasteiger partial charge in [-0.05, 0) is 29.7 Å². The number of methoxy groups -OCH3 is 2. The van der Waals surface area contributed by atoms with Crippen molar-refractivity contribution >= 4 is 27.1 Å². The van der Waals surface area contributed by atoms with Crippen molar-refractivity contribution in [3.63, 3.8) is 0 Å². The van der Waals surface area contributed by atoms with E-state index in [1.165, 1.54) is 4.52 Å². The summed E-state index contributed by atoms with van der Waals surface area (Å²) in [7, 11) is 3.19. The van der Waals surface area contributed by atoms with Crippen LogP contribution < -0.4 is 15.0 Å². The van der Waals surface area contributed by atoms with Gasteiger partial charge in [-0.15, -0.1) is 0 Å². The molecule has 0 aliphatic heterocycles. The lowest BCUT2D eigenvalue weighted by molar-refractivity contribution is 0.356. The molecule has 0 aliphatic carbocycles. The summed E-state index contributed by atoms with van der Waals surface area (Å²) in [5.41, 5.74) is 0.613. The number of rotatable bonds is 2. The number of hydrogen-bond donors (Lipinski definition) is 0. The molecule has 5 heteroatoms. The molecule has 2 aromatic heterocycles. The number of aromatic nitrogens is 2. The van der Waals surface area contributed by atoms with E-state index in [1.54, 1.807) is 20.4 Å². The van der Waals surface area contributed by atoms with Gasteiger partial charge in [0, 0.05) is 16.2 Å². The molecule has 0 atom stereocenters. The maximum Gasteiger partial charge on any atom is 0.279 e. The van der Waals surface area contributed by atoms with Gasteiger partial charge in [-0.25, -0.2) is 0 Å². The maximum atomic E-state index is 12.7. The fraction of sp³-hybridized carbons (Fsp3) is 0.111. The van der Waals surface area contributed by atoms with E-state index in [9.17, 15) is 4.79 Å². The molecule has 114 valence electrons. The van der Waals surface area contributed by atoms with E-state index in [2.05, 4.69) is 5.10 Å². The molecule has 2 heterocycles. The average Bonchev–Trinajstić information content (AvgIpc) is 2.60. The second-order valence-corrected chi connectivity index (χ2v) is 5.27. The summed E-state index contributed by atoms with van der Waals surface area (Å²) in [6, 6.07) is 13.2. The summed E-state index contributed by atoms with van der Waals surface area (Å²) < 4.78 is 12.1. The minimum Gasteiger partial charge on any atom is -0.493 e. The summed E-state index contributed by atoms with van der Waals surface area (Å²) in [6.07, 6.45) is 1.67. The third kappa shape index (κ3) is 1.93. The summed E-state index contributed by atoms with van der Waals surface area (Å²) in [5, 5.41) is 7.61. The smallest absolute Gasteiger partial charge is 0.279 e. The minimum atomic E-state index is -0.130. The van der Waals surface area contributed by atoms with Crippen LogP contribution in [0.4, 0.5) is 0 Å². The van der Waals surface area contributed by atoms with Crippen molar-refractivity contribution in [1.29, 1.82) is 0 Å². The van der Waals surface area contributed by atoms with Gasteiger partial charge in [0.05, 0.1) is 25.9 Å². The molecule has 0 spiro atoms. The third-order valence-corrected chi connectivity index (χ3v) is 4.05. The van der Waals surface area contributed by atoms with E-state index < -0.39 is 0 Å². The highest BCUT2D eigenvalue weighted by molar-refractivity contribution is 6.00. The summed E-state index contributed by atoms with van der Waals surface area (Å²) in [4.78, 5) is 12.7. The van der Waals surface area contributed by atoms with Crippen LogP contribution in [0.3, 0.4) is 0 Å². The van der Waals surface area contributed by atoms with Crippen LogP contribution in [0, 0.1) is 0 Å². The molecule has 0 saturated heterocycles. The van der Waals surface area contributed by atoms with Gasteiger partial charge in [0.2, 0.25) is 0 Å². The van der Waals surface area contributed by atoms with Crippen molar-refractivity contribution in [1.82, 2.24) is 9.61 Å². The van der Waals surface area contributed by atoms with Crippen LogP contribution in [0.25, 0.3) is 27.1 Å². The van der Waals surface area contributed by atoms with Crippen molar-refractivity contribution in [2.24, 2.45) is 0 Å². The molecule has 23 heavy (non-hydrogen) atoms. The Morgan fingerprint density at radius 1 is 0.913 bits per heavy atom. The Bertz CT molecular complexity index is 1120. The molecule has 0 saturated carbocycles. The third-order valence-electron chi connectivity index (χ3n) is 4.05. The Morgan fingerprint density at radius 3 is 2.43 bits per heavy atom. The van der Waals surface area contributed by atoms with E-state index in [-0.39, 0.29) is 5.56 Å². The quantitative estimate of drug-likeness (QED) is 0.422. The van der Waals surface area contributed by atoms with Crippen molar-refractivity contribution in [2.75, 3.05) is 14.2 Å². The molecule has 0 unspecified atom stereocenters.